The molecule has 0 aliphatic heterocycles. The first-order valence-electron chi connectivity index (χ1n) is 8.79. The molecule has 0 atom stereocenters. The maximum absolute atomic E-state index is 12.0. The molecule has 3 aromatic rings. The Bertz CT molecular complexity index is 989. The van der Waals surface area contributed by atoms with E-state index in [1.807, 2.05) is 24.3 Å². The van der Waals surface area contributed by atoms with Crippen molar-refractivity contribution in [3.63, 3.8) is 0 Å². The third kappa shape index (κ3) is 6.47. The number of hydrogen-bond donors (Lipinski definition) is 2. The third-order valence-electron chi connectivity index (χ3n) is 3.91. The van der Waals surface area contributed by atoms with Crippen LogP contribution in [0.3, 0.4) is 0 Å². The van der Waals surface area contributed by atoms with Crippen molar-refractivity contribution in [2.24, 2.45) is 10.2 Å². The Balaban J connectivity index is 1.50. The Morgan fingerprint density at radius 1 is 0.600 bits per heavy atom. The van der Waals surface area contributed by atoms with Gasteiger partial charge in [0, 0.05) is 20.1 Å². The highest BCUT2D eigenvalue weighted by molar-refractivity contribution is 9.10. The monoisotopic (exact) mass is 526 g/mol. The van der Waals surface area contributed by atoms with Crippen molar-refractivity contribution >= 4 is 56.1 Å². The van der Waals surface area contributed by atoms with Gasteiger partial charge in [-0.25, -0.2) is 10.9 Å². The molecule has 2 N–H and O–H groups in total. The van der Waals surface area contributed by atoms with Gasteiger partial charge >= 0.3 is 0 Å². The topological polar surface area (TPSA) is 82.9 Å². The average molecular weight is 528 g/mol. The van der Waals surface area contributed by atoms with E-state index in [1.165, 1.54) is 0 Å². The lowest BCUT2D eigenvalue weighted by molar-refractivity contribution is 0.0947. The summed E-state index contributed by atoms with van der Waals surface area (Å²) >= 11 is 6.65. The molecule has 0 heterocycles. The fourth-order valence-electron chi connectivity index (χ4n) is 2.33. The van der Waals surface area contributed by atoms with Crippen molar-refractivity contribution in [2.75, 3.05) is 0 Å². The number of carbonyl (C=O) groups is 2. The zero-order chi connectivity index (χ0) is 21.3. The average Bonchev–Trinajstić information content (AvgIpc) is 2.75. The number of amides is 2. The first-order chi connectivity index (χ1) is 14.5. The number of nitrogens with one attached hydrogen (secondary N) is 2. The maximum Gasteiger partial charge on any atom is 0.271 e. The Hall–Kier alpha value is -3.10. The quantitative estimate of drug-likeness (QED) is 0.358. The van der Waals surface area contributed by atoms with Gasteiger partial charge in [-0.1, -0.05) is 56.1 Å². The van der Waals surface area contributed by atoms with Crippen molar-refractivity contribution in [1.82, 2.24) is 10.9 Å². The Kier molecular flexibility index (Phi) is 7.64. The van der Waals surface area contributed by atoms with Crippen molar-refractivity contribution in [3.8, 4) is 0 Å². The zero-order valence-corrected chi connectivity index (χ0v) is 18.7. The second-order valence-corrected chi connectivity index (χ2v) is 7.91. The summed E-state index contributed by atoms with van der Waals surface area (Å²) < 4.78 is 1.80. The van der Waals surface area contributed by atoms with Gasteiger partial charge in [-0.2, -0.15) is 10.2 Å². The highest BCUT2D eigenvalue weighted by Gasteiger charge is 2.04. The van der Waals surface area contributed by atoms with Crippen LogP contribution >= 0.6 is 31.9 Å². The van der Waals surface area contributed by atoms with Gasteiger partial charge in [-0.3, -0.25) is 9.59 Å². The van der Waals surface area contributed by atoms with Crippen molar-refractivity contribution in [1.29, 1.82) is 0 Å². The zero-order valence-electron chi connectivity index (χ0n) is 15.5. The van der Waals surface area contributed by atoms with Crippen LogP contribution in [-0.4, -0.2) is 24.2 Å². The van der Waals surface area contributed by atoms with Gasteiger partial charge in [0.1, 0.15) is 0 Å². The van der Waals surface area contributed by atoms with Crippen molar-refractivity contribution in [3.05, 3.63) is 104 Å². The van der Waals surface area contributed by atoms with Crippen LogP contribution in [0, 0.1) is 0 Å². The van der Waals surface area contributed by atoms with Gasteiger partial charge in [0.2, 0.25) is 0 Å². The van der Waals surface area contributed by atoms with E-state index < -0.39 is 0 Å². The molecule has 0 aromatic heterocycles. The highest BCUT2D eigenvalue weighted by atomic mass is 79.9. The molecule has 0 radical (unpaired) electrons. The molecule has 2 amide bonds. The van der Waals surface area contributed by atoms with E-state index in [0.717, 1.165) is 20.1 Å². The summed E-state index contributed by atoms with van der Waals surface area (Å²) in [6.07, 6.45) is 3.10. The smallest absolute Gasteiger partial charge is 0.267 e. The van der Waals surface area contributed by atoms with Gasteiger partial charge in [0.15, 0.2) is 0 Å². The van der Waals surface area contributed by atoms with Gasteiger partial charge < -0.3 is 0 Å². The summed E-state index contributed by atoms with van der Waals surface area (Å²) in [5.74, 6) is -0.576. The van der Waals surface area contributed by atoms with E-state index in [4.69, 9.17) is 0 Å². The molecule has 30 heavy (non-hydrogen) atoms. The van der Waals surface area contributed by atoms with E-state index in [2.05, 4.69) is 52.9 Å². The largest absolute Gasteiger partial charge is 0.271 e. The molecule has 0 unspecified atom stereocenters. The number of hydrogen-bond acceptors (Lipinski definition) is 4. The summed E-state index contributed by atoms with van der Waals surface area (Å²) in [5, 5.41) is 7.93. The van der Waals surface area contributed by atoms with Crippen LogP contribution in [0.2, 0.25) is 0 Å². The van der Waals surface area contributed by atoms with E-state index in [1.54, 1.807) is 61.0 Å². The van der Waals surface area contributed by atoms with Crippen LogP contribution in [0.4, 0.5) is 0 Å². The van der Waals surface area contributed by atoms with Gasteiger partial charge in [-0.05, 0) is 59.7 Å². The van der Waals surface area contributed by atoms with Crippen LogP contribution in [0.25, 0.3) is 0 Å². The second kappa shape index (κ2) is 10.6. The normalized spacial score (nSPS) is 11.0. The minimum Gasteiger partial charge on any atom is -0.267 e. The van der Waals surface area contributed by atoms with Crippen LogP contribution in [0.1, 0.15) is 31.8 Å². The SMILES string of the molecule is O=C(N/N=C/c1ccc(/C=N/NC(=O)c2ccc(Br)cc2)cc1)c1ccc(Br)cc1. The third-order valence-corrected chi connectivity index (χ3v) is 4.97. The Labute approximate surface area is 190 Å². The molecule has 0 saturated carbocycles. The molecule has 3 rings (SSSR count). The second-order valence-electron chi connectivity index (χ2n) is 6.08. The van der Waals surface area contributed by atoms with Gasteiger partial charge in [-0.15, -0.1) is 0 Å². The van der Waals surface area contributed by atoms with Gasteiger partial charge in [0.25, 0.3) is 11.8 Å². The Morgan fingerprint density at radius 3 is 1.27 bits per heavy atom. The number of benzene rings is 3. The molecule has 150 valence electrons. The van der Waals surface area contributed by atoms with Crippen molar-refractivity contribution in [2.45, 2.75) is 0 Å². The predicted octanol–water partition coefficient (Wildman–Crippen LogP) is 4.74. The summed E-state index contributed by atoms with van der Waals surface area (Å²) in [6.45, 7) is 0. The van der Waals surface area contributed by atoms with Crippen LogP contribution in [0.5, 0.6) is 0 Å². The lowest BCUT2D eigenvalue weighted by Gasteiger charge is -2.01. The molecule has 3 aromatic carbocycles. The first kappa shape index (κ1) is 21.6. The van der Waals surface area contributed by atoms with Gasteiger partial charge in [0.05, 0.1) is 12.4 Å². The predicted molar refractivity (Wildman–Crippen MR) is 125 cm³/mol. The van der Waals surface area contributed by atoms with E-state index in [9.17, 15) is 9.59 Å². The highest BCUT2D eigenvalue weighted by Crippen LogP contribution is 2.11. The summed E-state index contributed by atoms with van der Waals surface area (Å²) in [6, 6.07) is 21.3. The van der Waals surface area contributed by atoms with E-state index >= 15 is 0 Å². The first-order valence-corrected chi connectivity index (χ1v) is 10.4. The molecule has 0 fully saturated rings. The molecule has 0 bridgehead atoms. The molecule has 6 nitrogen and oxygen atoms in total. The number of carbonyl (C=O) groups excluding carboxylic acids is 2. The molecular weight excluding hydrogens is 512 g/mol. The molecule has 0 aliphatic rings. The summed E-state index contributed by atoms with van der Waals surface area (Å²) in [5.41, 5.74) is 7.63. The standard InChI is InChI=1S/C22H16Br2N4O2/c23-19-9-5-17(6-10-19)21(29)27-25-13-15-1-2-16(4-3-15)14-26-28-22(30)18-7-11-20(24)12-8-18/h1-14H,(H,27,29)(H,28,30)/b25-13+,26-14+. The van der Waals surface area contributed by atoms with Crippen LogP contribution in [-0.2, 0) is 0 Å². The van der Waals surface area contributed by atoms with E-state index in [-0.39, 0.29) is 11.8 Å². The molecule has 0 saturated heterocycles. The number of hydrazone groups is 2. The Morgan fingerprint density at radius 2 is 0.933 bits per heavy atom. The maximum atomic E-state index is 12.0. The lowest BCUT2D eigenvalue weighted by Crippen LogP contribution is -2.17. The minimum atomic E-state index is -0.288. The lowest BCUT2D eigenvalue weighted by atomic mass is 10.2. The molecule has 0 spiro atoms. The van der Waals surface area contributed by atoms with E-state index in [0.29, 0.717) is 11.1 Å². The summed E-state index contributed by atoms with van der Waals surface area (Å²) in [4.78, 5) is 24.0. The fraction of sp³-hybridized carbons (Fsp3) is 0. The minimum absolute atomic E-state index is 0.288. The number of nitrogens with zero attached hydrogens (tertiary/aromatic N) is 2. The van der Waals surface area contributed by atoms with Crippen molar-refractivity contribution < 1.29 is 9.59 Å². The molecule has 0 aliphatic carbocycles. The summed E-state index contributed by atoms with van der Waals surface area (Å²) in [7, 11) is 0. The number of halogens is 2. The van der Waals surface area contributed by atoms with Crippen LogP contribution < -0.4 is 10.9 Å². The fourth-order valence-corrected chi connectivity index (χ4v) is 2.86. The van der Waals surface area contributed by atoms with Crippen LogP contribution in [0.15, 0.2) is 91.9 Å². The molecular formula is C22H16Br2N4O2. The molecule has 8 heteroatoms. The number of rotatable bonds is 6.